The molecule has 0 fully saturated rings. The predicted octanol–water partition coefficient (Wildman–Crippen LogP) is 18.3. The van der Waals surface area contributed by atoms with Crippen molar-refractivity contribution in [3.63, 3.8) is 0 Å². The van der Waals surface area contributed by atoms with E-state index in [0.29, 0.717) is 19.3 Å². The SMILES string of the molecule is CC/C=C\C/C=C\C/C=C\C/C=C\C/C=C\CCCCCC(=O)OCC(COC(=O)CCCCCCC/C=C\C/C=C\CC)OC(=O)CCCCCCCC/C=C\C/C=C\C/C=C\C/C=C\CC. The Morgan fingerprint density at radius 1 is 0.294 bits per heavy atom. The van der Waals surface area contributed by atoms with Gasteiger partial charge in [-0.3, -0.25) is 14.4 Å². The lowest BCUT2D eigenvalue weighted by Gasteiger charge is -2.18. The van der Waals surface area contributed by atoms with Gasteiger partial charge in [-0.25, -0.2) is 0 Å². The van der Waals surface area contributed by atoms with Gasteiger partial charge in [-0.1, -0.05) is 206 Å². The lowest BCUT2D eigenvalue weighted by atomic mass is 10.1. The molecule has 0 spiro atoms. The average Bonchev–Trinajstić information content (AvgIpc) is 3.34. The van der Waals surface area contributed by atoms with Crippen molar-refractivity contribution in [1.82, 2.24) is 0 Å². The van der Waals surface area contributed by atoms with Crippen LogP contribution in [0.1, 0.15) is 220 Å². The van der Waals surface area contributed by atoms with E-state index in [-0.39, 0.29) is 31.1 Å². The van der Waals surface area contributed by atoms with E-state index < -0.39 is 6.10 Å². The first-order valence-corrected chi connectivity index (χ1v) is 27.2. The maximum atomic E-state index is 12.8. The van der Waals surface area contributed by atoms with Crippen LogP contribution in [0.4, 0.5) is 0 Å². The number of rotatable bonds is 47. The predicted molar refractivity (Wildman–Crippen MR) is 292 cm³/mol. The molecule has 1 atom stereocenters. The van der Waals surface area contributed by atoms with Gasteiger partial charge in [-0.2, -0.15) is 0 Å². The van der Waals surface area contributed by atoms with Crippen molar-refractivity contribution in [2.24, 2.45) is 0 Å². The number of esters is 3. The highest BCUT2D eigenvalue weighted by Gasteiger charge is 2.19. The van der Waals surface area contributed by atoms with E-state index in [0.717, 1.165) is 167 Å². The van der Waals surface area contributed by atoms with Crippen molar-refractivity contribution in [1.29, 1.82) is 0 Å². The Hall–Kier alpha value is -4.45. The Morgan fingerprint density at radius 3 is 0.838 bits per heavy atom. The van der Waals surface area contributed by atoms with Crippen LogP contribution in [0.15, 0.2) is 134 Å². The quantitative estimate of drug-likeness (QED) is 0.0262. The van der Waals surface area contributed by atoms with Crippen LogP contribution in [0.25, 0.3) is 0 Å². The minimum absolute atomic E-state index is 0.107. The number of hydrogen-bond acceptors (Lipinski definition) is 6. The van der Waals surface area contributed by atoms with Gasteiger partial charge in [0.05, 0.1) is 0 Å². The molecule has 0 aliphatic heterocycles. The van der Waals surface area contributed by atoms with Crippen LogP contribution >= 0.6 is 0 Å². The molecule has 0 saturated carbocycles. The van der Waals surface area contributed by atoms with Crippen LogP contribution < -0.4 is 0 Å². The van der Waals surface area contributed by atoms with Crippen molar-refractivity contribution in [2.45, 2.75) is 226 Å². The van der Waals surface area contributed by atoms with Gasteiger partial charge in [0.25, 0.3) is 0 Å². The summed E-state index contributed by atoms with van der Waals surface area (Å²) in [4.78, 5) is 38.1. The highest BCUT2D eigenvalue weighted by Crippen LogP contribution is 2.13. The second-order valence-corrected chi connectivity index (χ2v) is 17.3. The van der Waals surface area contributed by atoms with E-state index in [9.17, 15) is 14.4 Å². The fourth-order valence-corrected chi connectivity index (χ4v) is 6.91. The first kappa shape index (κ1) is 63.5. The fraction of sp³-hybridized carbons (Fsp3) is 0.597. The Labute approximate surface area is 417 Å². The molecule has 0 aliphatic rings. The van der Waals surface area contributed by atoms with Gasteiger partial charge >= 0.3 is 17.9 Å². The van der Waals surface area contributed by atoms with Crippen molar-refractivity contribution < 1.29 is 28.6 Å². The monoisotopic (exact) mass is 939 g/mol. The third-order valence-corrected chi connectivity index (χ3v) is 10.9. The maximum absolute atomic E-state index is 12.8. The molecule has 0 rings (SSSR count). The number of carbonyl (C=O) groups excluding carboxylic acids is 3. The summed E-state index contributed by atoms with van der Waals surface area (Å²) < 4.78 is 16.8. The largest absolute Gasteiger partial charge is 0.462 e. The Kier molecular flexibility index (Phi) is 51.5. The van der Waals surface area contributed by atoms with Gasteiger partial charge in [0, 0.05) is 19.3 Å². The molecule has 1 unspecified atom stereocenters. The molecule has 0 radical (unpaired) electrons. The molecule has 0 aromatic rings. The third kappa shape index (κ3) is 52.5. The zero-order chi connectivity index (χ0) is 49.3. The number of unbranched alkanes of at least 4 members (excludes halogenated alkanes) is 14. The molecule has 0 saturated heterocycles. The molecule has 0 aromatic carbocycles. The first-order chi connectivity index (χ1) is 33.5. The topological polar surface area (TPSA) is 78.9 Å². The molecule has 0 aromatic heterocycles. The zero-order valence-electron chi connectivity index (χ0n) is 43.6. The van der Waals surface area contributed by atoms with Crippen molar-refractivity contribution in [3.05, 3.63) is 134 Å². The smallest absolute Gasteiger partial charge is 0.306 e. The lowest BCUT2D eigenvalue weighted by Crippen LogP contribution is -2.30. The number of allylic oxidation sites excluding steroid dienone is 22. The zero-order valence-corrected chi connectivity index (χ0v) is 43.6. The Balaban J connectivity index is 4.50. The van der Waals surface area contributed by atoms with E-state index in [4.69, 9.17) is 14.2 Å². The molecule has 0 N–H and O–H groups in total. The molecule has 68 heavy (non-hydrogen) atoms. The molecule has 0 bridgehead atoms. The van der Waals surface area contributed by atoms with Crippen molar-refractivity contribution >= 4 is 17.9 Å². The molecular formula is C62H98O6. The van der Waals surface area contributed by atoms with E-state index in [1.807, 2.05) is 0 Å². The molecule has 6 nitrogen and oxygen atoms in total. The van der Waals surface area contributed by atoms with Gasteiger partial charge < -0.3 is 14.2 Å². The molecular weight excluding hydrogens is 841 g/mol. The van der Waals surface area contributed by atoms with Gasteiger partial charge in [0.1, 0.15) is 13.2 Å². The minimum atomic E-state index is -0.811. The highest BCUT2D eigenvalue weighted by atomic mass is 16.6. The Bertz CT molecular complexity index is 1500. The van der Waals surface area contributed by atoms with Gasteiger partial charge in [0.15, 0.2) is 6.10 Å². The van der Waals surface area contributed by atoms with E-state index >= 15 is 0 Å². The first-order valence-electron chi connectivity index (χ1n) is 27.2. The number of ether oxygens (including phenoxy) is 3. The average molecular weight is 939 g/mol. The molecule has 6 heteroatoms. The summed E-state index contributed by atoms with van der Waals surface area (Å²) >= 11 is 0. The molecule has 382 valence electrons. The van der Waals surface area contributed by atoms with E-state index in [1.165, 1.54) is 12.8 Å². The van der Waals surface area contributed by atoms with Crippen LogP contribution in [-0.4, -0.2) is 37.2 Å². The summed E-state index contributed by atoms with van der Waals surface area (Å²) in [7, 11) is 0. The maximum Gasteiger partial charge on any atom is 0.306 e. The highest BCUT2D eigenvalue weighted by molar-refractivity contribution is 5.71. The molecule has 0 amide bonds. The number of hydrogen-bond donors (Lipinski definition) is 0. The summed E-state index contributed by atoms with van der Waals surface area (Å²) in [5.41, 5.74) is 0. The standard InChI is InChI=1S/C62H98O6/c1-4-7-10-13-16-19-22-25-27-29-31-33-35-37-40-43-46-49-52-55-61(64)67-58-59(57-66-60(63)54-51-48-45-42-39-24-21-18-15-12-9-6-3)68-62(65)56-53-50-47-44-41-38-36-34-32-30-28-26-23-20-17-14-11-8-5-2/h7-12,16-21,25-28,31-34,37,40,59H,4-6,13-15,22-24,29-30,35-36,38-39,41-58H2,1-3H3/b10-7-,11-8-,12-9-,19-16-,20-17-,21-18-,27-25-,28-26-,33-31-,34-32-,40-37-. The third-order valence-electron chi connectivity index (χ3n) is 10.9. The second kappa shape index (κ2) is 55.1. The molecule has 0 heterocycles. The van der Waals surface area contributed by atoms with Crippen LogP contribution in [0.3, 0.4) is 0 Å². The summed E-state index contributed by atoms with van der Waals surface area (Å²) in [6.07, 6.45) is 77.2. The fourth-order valence-electron chi connectivity index (χ4n) is 6.91. The van der Waals surface area contributed by atoms with Gasteiger partial charge in [0.2, 0.25) is 0 Å². The van der Waals surface area contributed by atoms with Crippen LogP contribution in [0.5, 0.6) is 0 Å². The van der Waals surface area contributed by atoms with E-state index in [2.05, 4.69) is 154 Å². The summed E-state index contributed by atoms with van der Waals surface area (Å²) in [6.45, 7) is 6.23. The summed E-state index contributed by atoms with van der Waals surface area (Å²) in [6, 6.07) is 0. The Morgan fingerprint density at radius 2 is 0.529 bits per heavy atom. The van der Waals surface area contributed by atoms with Crippen molar-refractivity contribution in [3.8, 4) is 0 Å². The van der Waals surface area contributed by atoms with Crippen molar-refractivity contribution in [2.75, 3.05) is 13.2 Å². The second-order valence-electron chi connectivity index (χ2n) is 17.3. The normalized spacial score (nSPS) is 13.2. The minimum Gasteiger partial charge on any atom is -0.462 e. The molecule has 0 aliphatic carbocycles. The van der Waals surface area contributed by atoms with Crippen LogP contribution in [0.2, 0.25) is 0 Å². The van der Waals surface area contributed by atoms with Gasteiger partial charge in [-0.15, -0.1) is 0 Å². The summed E-state index contributed by atoms with van der Waals surface area (Å²) in [5.74, 6) is -0.975. The number of carbonyl (C=O) groups is 3. The van der Waals surface area contributed by atoms with Gasteiger partial charge in [-0.05, 0) is 128 Å². The van der Waals surface area contributed by atoms with Crippen LogP contribution in [-0.2, 0) is 28.6 Å². The van der Waals surface area contributed by atoms with E-state index in [1.54, 1.807) is 0 Å². The lowest BCUT2D eigenvalue weighted by molar-refractivity contribution is -0.167. The van der Waals surface area contributed by atoms with Crippen LogP contribution in [0, 0.1) is 0 Å². The summed E-state index contributed by atoms with van der Waals surface area (Å²) in [5, 5.41) is 0.